The molecule has 0 radical (unpaired) electrons. The number of hydrogen-bond acceptors (Lipinski definition) is 6. The van der Waals surface area contributed by atoms with Gasteiger partial charge in [-0.15, -0.1) is 0 Å². The van der Waals surface area contributed by atoms with E-state index in [4.69, 9.17) is 5.73 Å². The van der Waals surface area contributed by atoms with Gasteiger partial charge in [0, 0.05) is 31.1 Å². The van der Waals surface area contributed by atoms with Crippen molar-refractivity contribution in [3.05, 3.63) is 53.9 Å². The first-order valence-corrected chi connectivity index (χ1v) is 8.36. The topological polar surface area (TPSA) is 67.4 Å². The van der Waals surface area contributed by atoms with Gasteiger partial charge in [0.1, 0.15) is 5.82 Å². The molecule has 2 atom stereocenters. The number of anilines is 1. The molecule has 0 bridgehead atoms. The molecule has 1 saturated heterocycles. The van der Waals surface area contributed by atoms with Crippen LogP contribution in [0.3, 0.4) is 0 Å². The van der Waals surface area contributed by atoms with E-state index in [2.05, 4.69) is 15.0 Å². The highest BCUT2D eigenvalue weighted by atomic mass is 32.2. The lowest BCUT2D eigenvalue weighted by Gasteiger charge is -2.36. The van der Waals surface area contributed by atoms with Crippen molar-refractivity contribution >= 4 is 22.9 Å². The number of rotatable bonds is 2. The highest BCUT2D eigenvalue weighted by Crippen LogP contribution is 2.51. The van der Waals surface area contributed by atoms with E-state index < -0.39 is 10.6 Å². The highest BCUT2D eigenvalue weighted by molar-refractivity contribution is 8.14. The van der Waals surface area contributed by atoms with Crippen LogP contribution in [-0.2, 0) is 4.75 Å². The number of halogens is 2. The number of amidine groups is 1. The Bertz CT molecular complexity index is 797. The Hall–Kier alpha value is -2.22. The second-order valence-corrected chi connectivity index (χ2v) is 7.28. The zero-order valence-electron chi connectivity index (χ0n) is 12.7. The Morgan fingerprint density at radius 1 is 1.21 bits per heavy atom. The van der Waals surface area contributed by atoms with Crippen molar-refractivity contribution in [2.75, 3.05) is 24.5 Å². The minimum Gasteiger partial charge on any atom is -0.379 e. The predicted molar refractivity (Wildman–Crippen MR) is 89.9 cm³/mol. The van der Waals surface area contributed by atoms with Gasteiger partial charge in [-0.1, -0.05) is 30.0 Å². The molecule has 4 rings (SSSR count). The van der Waals surface area contributed by atoms with Gasteiger partial charge in [0.2, 0.25) is 5.95 Å². The van der Waals surface area contributed by atoms with Crippen LogP contribution in [0.15, 0.2) is 41.7 Å². The van der Waals surface area contributed by atoms with E-state index in [-0.39, 0.29) is 11.7 Å². The van der Waals surface area contributed by atoms with Gasteiger partial charge in [0.05, 0.1) is 17.1 Å². The molecule has 2 unspecified atom stereocenters. The Kier molecular flexibility index (Phi) is 3.64. The standard InChI is InChI=1S/C16H15F2N5S/c17-11-6-21-15(22-7-11)23-8-10-5-20-14(19)24-16(10,9-23)12-3-1-2-4-13(12)18/h1-4,6-7,10H,5,8-9H2,(H2,19,20). The molecule has 1 aromatic carbocycles. The van der Waals surface area contributed by atoms with Crippen molar-refractivity contribution in [1.82, 2.24) is 9.97 Å². The molecule has 2 aromatic rings. The Morgan fingerprint density at radius 2 is 1.96 bits per heavy atom. The Balaban J connectivity index is 1.75. The lowest BCUT2D eigenvalue weighted by Crippen LogP contribution is -2.40. The Morgan fingerprint density at radius 3 is 2.71 bits per heavy atom. The third-order valence-electron chi connectivity index (χ3n) is 4.50. The van der Waals surface area contributed by atoms with Crippen LogP contribution >= 0.6 is 11.8 Å². The van der Waals surface area contributed by atoms with Crippen LogP contribution in [0.4, 0.5) is 14.7 Å². The number of nitrogens with zero attached hydrogens (tertiary/aromatic N) is 4. The number of nitrogens with two attached hydrogens (primary N) is 1. The SMILES string of the molecule is NC1=NCC2CN(c3ncc(F)cn3)CC2(c2ccccc2F)S1. The molecular formula is C16H15F2N5S. The van der Waals surface area contributed by atoms with Crippen LogP contribution < -0.4 is 10.6 Å². The van der Waals surface area contributed by atoms with E-state index in [9.17, 15) is 8.78 Å². The lowest BCUT2D eigenvalue weighted by atomic mass is 9.87. The van der Waals surface area contributed by atoms with Gasteiger partial charge in [-0.05, 0) is 6.07 Å². The van der Waals surface area contributed by atoms with E-state index >= 15 is 0 Å². The van der Waals surface area contributed by atoms with Gasteiger partial charge in [0.15, 0.2) is 11.0 Å². The molecule has 0 saturated carbocycles. The van der Waals surface area contributed by atoms with Gasteiger partial charge >= 0.3 is 0 Å². The van der Waals surface area contributed by atoms with E-state index in [1.54, 1.807) is 12.1 Å². The second kappa shape index (κ2) is 5.70. The van der Waals surface area contributed by atoms with Crippen LogP contribution in [0, 0.1) is 17.6 Å². The molecule has 0 amide bonds. The van der Waals surface area contributed by atoms with Gasteiger partial charge < -0.3 is 10.6 Å². The van der Waals surface area contributed by atoms with Gasteiger partial charge in [-0.25, -0.2) is 18.7 Å². The molecule has 2 aliphatic rings. The van der Waals surface area contributed by atoms with Gasteiger partial charge in [-0.2, -0.15) is 0 Å². The molecule has 8 heteroatoms. The quantitative estimate of drug-likeness (QED) is 0.902. The summed E-state index contributed by atoms with van der Waals surface area (Å²) in [5, 5.41) is 0.455. The maximum atomic E-state index is 14.5. The average Bonchev–Trinajstić information content (AvgIpc) is 2.95. The molecule has 0 spiro atoms. The monoisotopic (exact) mass is 347 g/mol. The zero-order valence-corrected chi connectivity index (χ0v) is 13.5. The molecule has 2 N–H and O–H groups in total. The van der Waals surface area contributed by atoms with Crippen molar-refractivity contribution in [2.24, 2.45) is 16.6 Å². The number of fused-ring (bicyclic) bond motifs is 1. The Labute approximate surface area is 142 Å². The first kappa shape index (κ1) is 15.3. The van der Waals surface area contributed by atoms with Gasteiger partial charge in [0.25, 0.3) is 0 Å². The smallest absolute Gasteiger partial charge is 0.225 e. The lowest BCUT2D eigenvalue weighted by molar-refractivity contribution is 0.464. The summed E-state index contributed by atoms with van der Waals surface area (Å²) in [6, 6.07) is 6.75. The minimum atomic E-state index is -0.547. The molecule has 1 aromatic heterocycles. The van der Waals surface area contributed by atoms with Crippen LogP contribution in [0.2, 0.25) is 0 Å². The first-order chi connectivity index (χ1) is 11.6. The zero-order chi connectivity index (χ0) is 16.7. The van der Waals surface area contributed by atoms with E-state index in [1.807, 2.05) is 11.0 Å². The fourth-order valence-electron chi connectivity index (χ4n) is 3.42. The number of hydrogen-bond donors (Lipinski definition) is 1. The highest BCUT2D eigenvalue weighted by Gasteiger charge is 2.52. The fraction of sp³-hybridized carbons (Fsp3) is 0.312. The van der Waals surface area contributed by atoms with E-state index in [0.29, 0.717) is 36.3 Å². The van der Waals surface area contributed by atoms with Gasteiger partial charge in [-0.3, -0.25) is 4.99 Å². The van der Waals surface area contributed by atoms with Crippen molar-refractivity contribution in [2.45, 2.75) is 4.75 Å². The first-order valence-electron chi connectivity index (χ1n) is 7.55. The molecule has 2 aliphatic heterocycles. The summed E-state index contributed by atoms with van der Waals surface area (Å²) in [5.74, 6) is -0.242. The molecule has 1 fully saturated rings. The van der Waals surface area contributed by atoms with Crippen molar-refractivity contribution in [3.63, 3.8) is 0 Å². The number of aromatic nitrogens is 2. The summed E-state index contributed by atoms with van der Waals surface area (Å²) >= 11 is 1.39. The minimum absolute atomic E-state index is 0.0698. The van der Waals surface area contributed by atoms with Crippen molar-refractivity contribution in [3.8, 4) is 0 Å². The summed E-state index contributed by atoms with van der Waals surface area (Å²) in [4.78, 5) is 14.4. The molecule has 3 heterocycles. The van der Waals surface area contributed by atoms with E-state index in [0.717, 1.165) is 12.4 Å². The third-order valence-corrected chi connectivity index (χ3v) is 5.88. The summed E-state index contributed by atoms with van der Waals surface area (Å²) in [5.41, 5.74) is 6.57. The average molecular weight is 347 g/mol. The number of aliphatic imine (C=N–C) groups is 1. The van der Waals surface area contributed by atoms with Crippen LogP contribution in [-0.4, -0.2) is 34.8 Å². The molecule has 0 aliphatic carbocycles. The molecule has 124 valence electrons. The summed E-state index contributed by atoms with van der Waals surface area (Å²) < 4.78 is 27.1. The molecular weight excluding hydrogens is 332 g/mol. The summed E-state index contributed by atoms with van der Waals surface area (Å²) in [7, 11) is 0. The summed E-state index contributed by atoms with van der Waals surface area (Å²) in [6.07, 6.45) is 2.27. The normalized spacial score (nSPS) is 26.2. The van der Waals surface area contributed by atoms with E-state index in [1.165, 1.54) is 17.8 Å². The third kappa shape index (κ3) is 2.41. The largest absolute Gasteiger partial charge is 0.379 e. The maximum Gasteiger partial charge on any atom is 0.225 e. The van der Waals surface area contributed by atoms with Crippen LogP contribution in [0.5, 0.6) is 0 Å². The number of benzene rings is 1. The fourth-order valence-corrected chi connectivity index (χ4v) is 4.74. The number of thioether (sulfide) groups is 1. The molecule has 24 heavy (non-hydrogen) atoms. The molecule has 5 nitrogen and oxygen atoms in total. The van der Waals surface area contributed by atoms with Crippen LogP contribution in [0.25, 0.3) is 0 Å². The van der Waals surface area contributed by atoms with Crippen LogP contribution in [0.1, 0.15) is 5.56 Å². The van der Waals surface area contributed by atoms with Crippen molar-refractivity contribution in [1.29, 1.82) is 0 Å². The predicted octanol–water partition coefficient (Wildman–Crippen LogP) is 2.15. The second-order valence-electron chi connectivity index (χ2n) is 5.93. The maximum absolute atomic E-state index is 14.5. The summed E-state index contributed by atoms with van der Waals surface area (Å²) in [6.45, 7) is 1.62. The van der Waals surface area contributed by atoms with Crippen molar-refractivity contribution < 1.29 is 8.78 Å².